The largest absolute Gasteiger partial charge is 0.508 e. The van der Waals surface area contributed by atoms with Gasteiger partial charge in [0.05, 0.1) is 22.7 Å². The monoisotopic (exact) mass is 319 g/mol. The minimum absolute atomic E-state index is 0.0442. The van der Waals surface area contributed by atoms with Crippen molar-refractivity contribution in [1.82, 2.24) is 4.90 Å². The van der Waals surface area contributed by atoms with Crippen LogP contribution in [0.25, 0.3) is 0 Å². The average Bonchev–Trinajstić information content (AvgIpc) is 2.46. The molecule has 1 aromatic rings. The molecule has 1 unspecified atom stereocenters. The average molecular weight is 320 g/mol. The molecule has 0 bridgehead atoms. The van der Waals surface area contributed by atoms with Gasteiger partial charge < -0.3 is 15.3 Å². The number of aliphatic hydroxyl groups excluding tert-OH is 2. The van der Waals surface area contributed by atoms with Crippen molar-refractivity contribution in [2.75, 3.05) is 26.3 Å². The Kier molecular flexibility index (Phi) is 5.52. The third-order valence-corrected chi connectivity index (χ3v) is 4.67. The Balaban J connectivity index is 2.18. The van der Waals surface area contributed by atoms with E-state index in [0.29, 0.717) is 21.5 Å². The lowest BCUT2D eigenvalue weighted by Gasteiger charge is -2.36. The first kappa shape index (κ1) is 15.9. The molecular weight excluding hydrogens is 301 g/mol. The number of benzene rings is 1. The van der Waals surface area contributed by atoms with E-state index in [2.05, 4.69) is 4.90 Å². The summed E-state index contributed by atoms with van der Waals surface area (Å²) in [7, 11) is 0. The van der Waals surface area contributed by atoms with Gasteiger partial charge in [-0.1, -0.05) is 23.2 Å². The molecule has 0 spiro atoms. The number of rotatable bonds is 4. The smallest absolute Gasteiger partial charge is 0.122 e. The minimum atomic E-state index is -0.301. The summed E-state index contributed by atoms with van der Waals surface area (Å²) in [5, 5.41) is 29.5. The summed E-state index contributed by atoms with van der Waals surface area (Å²) in [6.07, 6.45) is 1.77. The fraction of sp³-hybridized carbons (Fsp3) is 0.571. The molecule has 0 amide bonds. The standard InChI is InChI=1S/C14H19Cl2NO3/c15-11-5-10(14(20)6-12(11)16)13(8-19)17-3-1-9(7-18)2-4-17/h5-6,9,13,18-20H,1-4,7-8H2. The van der Waals surface area contributed by atoms with Crippen LogP contribution in [-0.4, -0.2) is 46.5 Å². The number of likely N-dealkylation sites (tertiary alicyclic amines) is 1. The van der Waals surface area contributed by atoms with Gasteiger partial charge in [0, 0.05) is 18.2 Å². The van der Waals surface area contributed by atoms with Crippen LogP contribution in [0.4, 0.5) is 0 Å². The molecule has 1 saturated heterocycles. The highest BCUT2D eigenvalue weighted by Crippen LogP contribution is 2.36. The first-order chi connectivity index (χ1) is 9.56. The lowest BCUT2D eigenvalue weighted by molar-refractivity contribution is 0.0688. The molecule has 6 heteroatoms. The number of nitrogens with zero attached hydrogens (tertiary/aromatic N) is 1. The first-order valence-electron chi connectivity index (χ1n) is 6.70. The van der Waals surface area contributed by atoms with Gasteiger partial charge in [-0.25, -0.2) is 0 Å². The SMILES string of the molecule is OCC1CCN(C(CO)c2cc(Cl)c(Cl)cc2O)CC1. The van der Waals surface area contributed by atoms with Crippen LogP contribution in [0.2, 0.25) is 10.0 Å². The van der Waals surface area contributed by atoms with Gasteiger partial charge in [-0.3, -0.25) is 4.90 Å². The molecule has 1 aliphatic heterocycles. The predicted octanol–water partition coefficient (Wildman–Crippen LogP) is 2.44. The number of hydrogen-bond acceptors (Lipinski definition) is 4. The van der Waals surface area contributed by atoms with Crippen molar-refractivity contribution >= 4 is 23.2 Å². The van der Waals surface area contributed by atoms with E-state index >= 15 is 0 Å². The molecule has 3 N–H and O–H groups in total. The molecule has 0 saturated carbocycles. The number of piperidine rings is 1. The van der Waals surface area contributed by atoms with Crippen molar-refractivity contribution < 1.29 is 15.3 Å². The van der Waals surface area contributed by atoms with Crippen molar-refractivity contribution in [3.63, 3.8) is 0 Å². The van der Waals surface area contributed by atoms with E-state index in [1.807, 2.05) is 0 Å². The van der Waals surface area contributed by atoms with E-state index < -0.39 is 0 Å². The summed E-state index contributed by atoms with van der Waals surface area (Å²) in [4.78, 5) is 2.10. The van der Waals surface area contributed by atoms with Crippen LogP contribution in [-0.2, 0) is 0 Å². The van der Waals surface area contributed by atoms with Crippen molar-refractivity contribution in [2.45, 2.75) is 18.9 Å². The third kappa shape index (κ3) is 3.38. The number of hydrogen-bond donors (Lipinski definition) is 3. The quantitative estimate of drug-likeness (QED) is 0.797. The second-order valence-corrected chi connectivity index (χ2v) is 6.00. The summed E-state index contributed by atoms with van der Waals surface area (Å²) in [6.45, 7) is 1.65. The van der Waals surface area contributed by atoms with Crippen molar-refractivity contribution in [2.24, 2.45) is 5.92 Å². The maximum Gasteiger partial charge on any atom is 0.122 e. The van der Waals surface area contributed by atoms with Crippen LogP contribution in [0, 0.1) is 5.92 Å². The number of aromatic hydroxyl groups is 1. The number of phenolic OH excluding ortho intramolecular Hbond substituents is 1. The zero-order valence-electron chi connectivity index (χ0n) is 11.1. The molecule has 0 aromatic heterocycles. The van der Waals surface area contributed by atoms with Crippen LogP contribution < -0.4 is 0 Å². The van der Waals surface area contributed by atoms with Gasteiger partial charge in [-0.05, 0) is 37.9 Å². The topological polar surface area (TPSA) is 63.9 Å². The van der Waals surface area contributed by atoms with Gasteiger partial charge >= 0.3 is 0 Å². The molecule has 1 atom stereocenters. The van der Waals surface area contributed by atoms with E-state index in [4.69, 9.17) is 28.3 Å². The van der Waals surface area contributed by atoms with E-state index in [1.54, 1.807) is 6.07 Å². The van der Waals surface area contributed by atoms with E-state index in [-0.39, 0.29) is 25.0 Å². The summed E-state index contributed by atoms with van der Waals surface area (Å²) < 4.78 is 0. The second-order valence-electron chi connectivity index (χ2n) is 5.19. The lowest BCUT2D eigenvalue weighted by atomic mass is 9.95. The normalized spacial score (nSPS) is 19.2. The van der Waals surface area contributed by atoms with Gasteiger partial charge in [-0.15, -0.1) is 0 Å². The Hall–Kier alpha value is -0.520. The van der Waals surface area contributed by atoms with Crippen LogP contribution >= 0.6 is 23.2 Å². The molecule has 20 heavy (non-hydrogen) atoms. The second kappa shape index (κ2) is 6.96. The maximum absolute atomic E-state index is 10.0. The lowest BCUT2D eigenvalue weighted by Crippen LogP contribution is -2.39. The number of aliphatic hydroxyl groups is 2. The summed E-state index contributed by atoms with van der Waals surface area (Å²) in [5.74, 6) is 0.371. The molecule has 1 fully saturated rings. The zero-order chi connectivity index (χ0) is 14.7. The van der Waals surface area contributed by atoms with E-state index in [0.717, 1.165) is 25.9 Å². The first-order valence-corrected chi connectivity index (χ1v) is 7.46. The summed E-state index contributed by atoms with van der Waals surface area (Å²) in [6, 6.07) is 2.71. The van der Waals surface area contributed by atoms with Crippen LogP contribution in [0.5, 0.6) is 5.75 Å². The van der Waals surface area contributed by atoms with Gasteiger partial charge in [0.15, 0.2) is 0 Å². The highest BCUT2D eigenvalue weighted by molar-refractivity contribution is 6.42. The summed E-state index contributed by atoms with van der Waals surface area (Å²) >= 11 is 11.9. The Labute approximate surface area is 128 Å². The van der Waals surface area contributed by atoms with Gasteiger partial charge in [0.25, 0.3) is 0 Å². The van der Waals surface area contributed by atoms with Crippen molar-refractivity contribution in [3.05, 3.63) is 27.7 Å². The highest BCUT2D eigenvalue weighted by Gasteiger charge is 2.27. The van der Waals surface area contributed by atoms with Crippen LogP contribution in [0.3, 0.4) is 0 Å². The number of phenols is 1. The number of halogens is 2. The van der Waals surface area contributed by atoms with Crippen LogP contribution in [0.15, 0.2) is 12.1 Å². The fourth-order valence-corrected chi connectivity index (χ4v) is 3.01. The fourth-order valence-electron chi connectivity index (χ4n) is 2.68. The molecule has 0 radical (unpaired) electrons. The van der Waals surface area contributed by atoms with Crippen molar-refractivity contribution in [1.29, 1.82) is 0 Å². The Morgan fingerprint density at radius 2 is 1.75 bits per heavy atom. The molecule has 1 aromatic carbocycles. The molecule has 0 aliphatic carbocycles. The van der Waals surface area contributed by atoms with Crippen LogP contribution in [0.1, 0.15) is 24.4 Å². The Morgan fingerprint density at radius 3 is 2.30 bits per heavy atom. The summed E-state index contributed by atoms with van der Waals surface area (Å²) in [5.41, 5.74) is 0.587. The molecule has 112 valence electrons. The van der Waals surface area contributed by atoms with Gasteiger partial charge in [0.1, 0.15) is 5.75 Å². The van der Waals surface area contributed by atoms with Gasteiger partial charge in [-0.2, -0.15) is 0 Å². The Bertz CT molecular complexity index is 462. The van der Waals surface area contributed by atoms with E-state index in [9.17, 15) is 10.2 Å². The molecule has 1 heterocycles. The maximum atomic E-state index is 10.0. The predicted molar refractivity (Wildman–Crippen MR) is 79.3 cm³/mol. The molecular formula is C14H19Cl2NO3. The molecule has 1 aliphatic rings. The molecule has 4 nitrogen and oxygen atoms in total. The Morgan fingerprint density at radius 1 is 1.15 bits per heavy atom. The van der Waals surface area contributed by atoms with Gasteiger partial charge in [0.2, 0.25) is 0 Å². The highest BCUT2D eigenvalue weighted by atomic mass is 35.5. The van der Waals surface area contributed by atoms with E-state index in [1.165, 1.54) is 6.07 Å². The molecule has 2 rings (SSSR count). The minimum Gasteiger partial charge on any atom is -0.508 e. The zero-order valence-corrected chi connectivity index (χ0v) is 12.6. The van der Waals surface area contributed by atoms with Crippen molar-refractivity contribution in [3.8, 4) is 5.75 Å². The third-order valence-electron chi connectivity index (χ3n) is 3.95.